The standard InChI is InChI=1S/C14H24N2O4/c1-8(2)5-11(14(19)20)15-13(18)10-6-12(17)16(7-10)9(3)4/h8-11H,5-7H2,1-4H3,(H,15,18)(H,19,20). The van der Waals surface area contributed by atoms with Crippen LogP contribution in [0.15, 0.2) is 0 Å². The summed E-state index contributed by atoms with van der Waals surface area (Å²) in [4.78, 5) is 36.6. The van der Waals surface area contributed by atoms with E-state index in [4.69, 9.17) is 5.11 Å². The van der Waals surface area contributed by atoms with Crippen molar-refractivity contribution in [2.24, 2.45) is 11.8 Å². The molecule has 2 atom stereocenters. The third kappa shape index (κ3) is 4.21. The molecule has 1 fully saturated rings. The van der Waals surface area contributed by atoms with Crippen molar-refractivity contribution >= 4 is 17.8 Å². The van der Waals surface area contributed by atoms with E-state index in [-0.39, 0.29) is 30.2 Å². The van der Waals surface area contributed by atoms with E-state index in [9.17, 15) is 14.4 Å². The molecule has 6 nitrogen and oxygen atoms in total. The number of rotatable bonds is 6. The lowest BCUT2D eigenvalue weighted by atomic mass is 10.0. The minimum absolute atomic E-state index is 0.0455. The molecule has 2 amide bonds. The zero-order valence-corrected chi connectivity index (χ0v) is 12.5. The van der Waals surface area contributed by atoms with Crippen LogP contribution in [0.3, 0.4) is 0 Å². The molecule has 2 unspecified atom stereocenters. The van der Waals surface area contributed by atoms with Gasteiger partial charge in [0.1, 0.15) is 6.04 Å². The summed E-state index contributed by atoms with van der Waals surface area (Å²) >= 11 is 0. The number of nitrogens with one attached hydrogen (secondary N) is 1. The van der Waals surface area contributed by atoms with Crippen molar-refractivity contribution in [1.29, 1.82) is 0 Å². The van der Waals surface area contributed by atoms with Crippen molar-refractivity contribution in [2.45, 2.75) is 52.6 Å². The molecule has 1 heterocycles. The van der Waals surface area contributed by atoms with Crippen LogP contribution in [0.5, 0.6) is 0 Å². The molecule has 0 bridgehead atoms. The first-order chi connectivity index (χ1) is 9.22. The SMILES string of the molecule is CC(C)CC(NC(=O)C1CC(=O)N(C(C)C)C1)C(=O)O. The Bertz CT molecular complexity index is 393. The summed E-state index contributed by atoms with van der Waals surface area (Å²) in [5.41, 5.74) is 0. The fourth-order valence-electron chi connectivity index (χ4n) is 2.39. The van der Waals surface area contributed by atoms with Gasteiger partial charge in [0.2, 0.25) is 11.8 Å². The Labute approximate surface area is 119 Å². The van der Waals surface area contributed by atoms with Crippen LogP contribution in [-0.2, 0) is 14.4 Å². The second kappa shape index (κ2) is 6.72. The van der Waals surface area contributed by atoms with Crippen LogP contribution in [0.25, 0.3) is 0 Å². The van der Waals surface area contributed by atoms with Gasteiger partial charge in [0, 0.05) is 19.0 Å². The van der Waals surface area contributed by atoms with Gasteiger partial charge in [0.15, 0.2) is 0 Å². The fourth-order valence-corrected chi connectivity index (χ4v) is 2.39. The summed E-state index contributed by atoms with van der Waals surface area (Å²) in [5.74, 6) is -1.68. The van der Waals surface area contributed by atoms with Crippen LogP contribution in [-0.4, -0.2) is 46.4 Å². The minimum atomic E-state index is -1.03. The maximum absolute atomic E-state index is 12.1. The number of carbonyl (C=O) groups excluding carboxylic acids is 2. The number of aliphatic carboxylic acids is 1. The lowest BCUT2D eigenvalue weighted by molar-refractivity contribution is -0.142. The van der Waals surface area contributed by atoms with Crippen LogP contribution in [0, 0.1) is 11.8 Å². The summed E-state index contributed by atoms with van der Waals surface area (Å²) in [6.45, 7) is 7.98. The molecular formula is C14H24N2O4. The van der Waals surface area contributed by atoms with E-state index in [0.29, 0.717) is 13.0 Å². The first-order valence-electron chi connectivity index (χ1n) is 7.05. The number of carboxylic acid groups (broad SMARTS) is 1. The normalized spacial score (nSPS) is 20.6. The van der Waals surface area contributed by atoms with Crippen LogP contribution in [0.1, 0.15) is 40.5 Å². The molecule has 0 aliphatic carbocycles. The number of carbonyl (C=O) groups is 3. The Balaban J connectivity index is 2.62. The number of amides is 2. The molecule has 0 aromatic heterocycles. The first kappa shape index (κ1) is 16.5. The Hall–Kier alpha value is -1.59. The van der Waals surface area contributed by atoms with Gasteiger partial charge < -0.3 is 15.3 Å². The number of likely N-dealkylation sites (tertiary alicyclic amines) is 1. The van der Waals surface area contributed by atoms with Gasteiger partial charge in [-0.2, -0.15) is 0 Å². The summed E-state index contributed by atoms with van der Waals surface area (Å²) in [6, 6.07) is -0.822. The predicted octanol–water partition coefficient (Wildman–Crippen LogP) is 0.859. The van der Waals surface area contributed by atoms with E-state index < -0.39 is 17.9 Å². The molecule has 1 rings (SSSR count). The number of nitrogens with zero attached hydrogens (tertiary/aromatic N) is 1. The molecule has 1 aliphatic rings. The Morgan fingerprint density at radius 3 is 2.35 bits per heavy atom. The summed E-state index contributed by atoms with van der Waals surface area (Å²) in [7, 11) is 0. The number of hydrogen-bond donors (Lipinski definition) is 2. The lowest BCUT2D eigenvalue weighted by Crippen LogP contribution is -2.45. The highest BCUT2D eigenvalue weighted by Crippen LogP contribution is 2.20. The van der Waals surface area contributed by atoms with Crippen molar-refractivity contribution < 1.29 is 19.5 Å². The quantitative estimate of drug-likeness (QED) is 0.757. The smallest absolute Gasteiger partial charge is 0.326 e. The molecule has 0 spiro atoms. The molecule has 114 valence electrons. The summed E-state index contributed by atoms with van der Waals surface area (Å²) in [6.07, 6.45) is 0.549. The second-order valence-corrected chi connectivity index (χ2v) is 6.07. The topological polar surface area (TPSA) is 86.7 Å². The van der Waals surface area contributed by atoms with Crippen molar-refractivity contribution in [1.82, 2.24) is 10.2 Å². The van der Waals surface area contributed by atoms with Crippen LogP contribution < -0.4 is 5.32 Å². The van der Waals surface area contributed by atoms with Gasteiger partial charge in [-0.25, -0.2) is 4.79 Å². The molecule has 2 N–H and O–H groups in total. The number of carboxylic acids is 1. The van der Waals surface area contributed by atoms with Crippen molar-refractivity contribution in [3.8, 4) is 0 Å². The Morgan fingerprint density at radius 1 is 1.35 bits per heavy atom. The average molecular weight is 284 g/mol. The van der Waals surface area contributed by atoms with Gasteiger partial charge in [-0.3, -0.25) is 9.59 Å². The second-order valence-electron chi connectivity index (χ2n) is 6.07. The summed E-state index contributed by atoms with van der Waals surface area (Å²) < 4.78 is 0. The maximum atomic E-state index is 12.1. The van der Waals surface area contributed by atoms with Crippen molar-refractivity contribution in [3.05, 3.63) is 0 Å². The highest BCUT2D eigenvalue weighted by Gasteiger charge is 2.36. The van der Waals surface area contributed by atoms with E-state index in [1.165, 1.54) is 0 Å². The van der Waals surface area contributed by atoms with Crippen LogP contribution in [0.4, 0.5) is 0 Å². The number of hydrogen-bond acceptors (Lipinski definition) is 3. The monoisotopic (exact) mass is 284 g/mol. The van der Waals surface area contributed by atoms with Crippen LogP contribution >= 0.6 is 0 Å². The average Bonchev–Trinajstić information content (AvgIpc) is 2.69. The van der Waals surface area contributed by atoms with Crippen LogP contribution in [0.2, 0.25) is 0 Å². The van der Waals surface area contributed by atoms with Crippen molar-refractivity contribution in [2.75, 3.05) is 6.54 Å². The molecule has 0 radical (unpaired) electrons. The van der Waals surface area contributed by atoms with Gasteiger partial charge in [0.05, 0.1) is 5.92 Å². The predicted molar refractivity (Wildman–Crippen MR) is 74.0 cm³/mol. The molecule has 6 heteroatoms. The van der Waals surface area contributed by atoms with E-state index in [1.54, 1.807) is 4.90 Å². The van der Waals surface area contributed by atoms with E-state index in [0.717, 1.165) is 0 Å². The van der Waals surface area contributed by atoms with Gasteiger partial charge >= 0.3 is 5.97 Å². The fraction of sp³-hybridized carbons (Fsp3) is 0.786. The van der Waals surface area contributed by atoms with E-state index in [2.05, 4.69) is 5.32 Å². The van der Waals surface area contributed by atoms with Gasteiger partial charge in [-0.1, -0.05) is 13.8 Å². The molecule has 0 aromatic carbocycles. The third-order valence-corrected chi connectivity index (χ3v) is 3.47. The Morgan fingerprint density at radius 2 is 1.95 bits per heavy atom. The Kier molecular flexibility index (Phi) is 5.53. The molecular weight excluding hydrogens is 260 g/mol. The largest absolute Gasteiger partial charge is 0.480 e. The first-order valence-corrected chi connectivity index (χ1v) is 7.05. The van der Waals surface area contributed by atoms with Gasteiger partial charge in [-0.15, -0.1) is 0 Å². The van der Waals surface area contributed by atoms with E-state index in [1.807, 2.05) is 27.7 Å². The highest BCUT2D eigenvalue weighted by molar-refractivity contribution is 5.91. The highest BCUT2D eigenvalue weighted by atomic mass is 16.4. The van der Waals surface area contributed by atoms with Gasteiger partial charge in [-0.05, 0) is 26.2 Å². The van der Waals surface area contributed by atoms with Crippen molar-refractivity contribution in [3.63, 3.8) is 0 Å². The minimum Gasteiger partial charge on any atom is -0.480 e. The molecule has 1 saturated heterocycles. The molecule has 1 aliphatic heterocycles. The van der Waals surface area contributed by atoms with Gasteiger partial charge in [0.25, 0.3) is 0 Å². The third-order valence-electron chi connectivity index (χ3n) is 3.47. The molecule has 20 heavy (non-hydrogen) atoms. The molecule has 0 saturated carbocycles. The summed E-state index contributed by atoms with van der Waals surface area (Å²) in [5, 5.41) is 11.7. The van der Waals surface area contributed by atoms with E-state index >= 15 is 0 Å². The zero-order valence-electron chi connectivity index (χ0n) is 12.5. The maximum Gasteiger partial charge on any atom is 0.326 e. The lowest BCUT2D eigenvalue weighted by Gasteiger charge is -2.21. The zero-order chi connectivity index (χ0) is 15.4. The molecule has 0 aromatic rings.